The quantitative estimate of drug-likeness (QED) is 0.471. The van der Waals surface area contributed by atoms with E-state index in [2.05, 4.69) is 43.5 Å². The Hall–Kier alpha value is -0.330. The number of furan rings is 1. The van der Waals surface area contributed by atoms with Crippen molar-refractivity contribution in [3.05, 3.63) is 48.9 Å². The van der Waals surface area contributed by atoms with E-state index in [0.29, 0.717) is 10.8 Å². The summed E-state index contributed by atoms with van der Waals surface area (Å²) in [4.78, 5) is 4.36. The first-order chi connectivity index (χ1) is 8.06. The van der Waals surface area contributed by atoms with Crippen molar-refractivity contribution in [2.75, 3.05) is 0 Å². The Morgan fingerprint density at radius 1 is 1.41 bits per heavy atom. The molecule has 0 radical (unpaired) electrons. The van der Waals surface area contributed by atoms with Crippen LogP contribution in [0.1, 0.15) is 11.3 Å². The van der Waals surface area contributed by atoms with E-state index in [-0.39, 0.29) is 0 Å². The van der Waals surface area contributed by atoms with Crippen LogP contribution in [0.2, 0.25) is 5.02 Å². The predicted molar refractivity (Wildman–Crippen MR) is 82.6 cm³/mol. The second-order valence-corrected chi connectivity index (χ2v) is 5.73. The summed E-state index contributed by atoms with van der Waals surface area (Å²) in [6.07, 6.45) is 1.69. The highest BCUT2D eigenvalue weighted by atomic mass is 127. The lowest BCUT2D eigenvalue weighted by molar-refractivity contribution is 0.530. The first-order valence-corrected chi connectivity index (χ1v) is 7.06. The Morgan fingerprint density at radius 2 is 2.18 bits per heavy atom. The van der Waals surface area contributed by atoms with Crippen molar-refractivity contribution in [3.63, 3.8) is 0 Å². The van der Waals surface area contributed by atoms with Gasteiger partial charge in [0.05, 0.1) is 16.4 Å². The van der Waals surface area contributed by atoms with Gasteiger partial charge in [-0.3, -0.25) is 4.99 Å². The summed E-state index contributed by atoms with van der Waals surface area (Å²) in [6.45, 7) is 1.99. The number of hydrogen-bond acceptors (Lipinski definition) is 2. The lowest BCUT2D eigenvalue weighted by Crippen LogP contribution is -1.78. The van der Waals surface area contributed by atoms with Crippen LogP contribution in [0, 0.1) is 10.7 Å². The molecular weight excluding hydrogens is 416 g/mol. The fourth-order valence-corrected chi connectivity index (χ4v) is 2.16. The topological polar surface area (TPSA) is 25.5 Å². The molecule has 0 saturated heterocycles. The molecular formula is C12H8BrClINO. The molecule has 0 atom stereocenters. The summed E-state index contributed by atoms with van der Waals surface area (Å²) in [6, 6.07) is 7.50. The molecule has 0 spiro atoms. The van der Waals surface area contributed by atoms with Crippen LogP contribution in [-0.4, -0.2) is 6.21 Å². The highest BCUT2D eigenvalue weighted by Crippen LogP contribution is 2.25. The van der Waals surface area contributed by atoms with E-state index in [0.717, 1.165) is 19.5 Å². The van der Waals surface area contributed by atoms with Gasteiger partial charge in [0.1, 0.15) is 5.76 Å². The summed E-state index contributed by atoms with van der Waals surface area (Å²) < 4.78 is 7.21. The first-order valence-electron chi connectivity index (χ1n) is 4.81. The summed E-state index contributed by atoms with van der Waals surface area (Å²) >= 11 is 11.4. The third-order valence-electron chi connectivity index (χ3n) is 2.17. The van der Waals surface area contributed by atoms with Gasteiger partial charge in [0.15, 0.2) is 3.77 Å². The second-order valence-electron chi connectivity index (χ2n) is 3.46. The van der Waals surface area contributed by atoms with Crippen LogP contribution in [0.5, 0.6) is 0 Å². The minimum atomic E-state index is 0.679. The van der Waals surface area contributed by atoms with Gasteiger partial charge in [-0.1, -0.05) is 17.7 Å². The summed E-state index contributed by atoms with van der Waals surface area (Å²) in [5.74, 6) is 0.709. The molecule has 0 bridgehead atoms. The van der Waals surface area contributed by atoms with Crippen molar-refractivity contribution in [1.82, 2.24) is 0 Å². The van der Waals surface area contributed by atoms with Gasteiger partial charge in [0.25, 0.3) is 0 Å². The first kappa shape index (κ1) is 13.1. The summed E-state index contributed by atoms with van der Waals surface area (Å²) in [5.41, 5.74) is 1.92. The molecule has 2 rings (SSSR count). The van der Waals surface area contributed by atoms with E-state index in [1.54, 1.807) is 6.21 Å². The van der Waals surface area contributed by atoms with Gasteiger partial charge in [0, 0.05) is 33.7 Å². The monoisotopic (exact) mass is 423 g/mol. The number of benzene rings is 1. The number of aryl methyl sites for hydroxylation is 1. The van der Waals surface area contributed by atoms with Crippen LogP contribution in [0.4, 0.5) is 5.69 Å². The molecule has 1 aromatic carbocycles. The molecule has 0 N–H and O–H groups in total. The van der Waals surface area contributed by atoms with Crippen LogP contribution >= 0.6 is 50.1 Å². The number of aliphatic imine (C=N–C) groups is 1. The Bertz CT molecular complexity index is 560. The third-order valence-corrected chi connectivity index (χ3v) is 4.53. The molecule has 1 heterocycles. The van der Waals surface area contributed by atoms with Crippen LogP contribution in [0.15, 0.2) is 38.1 Å². The smallest absolute Gasteiger partial charge is 0.178 e. The minimum absolute atomic E-state index is 0.679. The molecule has 0 saturated carbocycles. The van der Waals surface area contributed by atoms with Gasteiger partial charge in [-0.25, -0.2) is 0 Å². The van der Waals surface area contributed by atoms with Crippen molar-refractivity contribution in [1.29, 1.82) is 0 Å². The molecule has 2 aromatic rings. The minimum Gasteiger partial charge on any atom is -0.448 e. The van der Waals surface area contributed by atoms with Crippen molar-refractivity contribution >= 4 is 62.0 Å². The Kier molecular flexibility index (Phi) is 4.27. The molecule has 17 heavy (non-hydrogen) atoms. The van der Waals surface area contributed by atoms with Crippen molar-refractivity contribution in [3.8, 4) is 0 Å². The maximum absolute atomic E-state index is 5.92. The number of rotatable bonds is 2. The molecule has 0 amide bonds. The van der Waals surface area contributed by atoms with Gasteiger partial charge in [0.2, 0.25) is 0 Å². The lowest BCUT2D eigenvalue weighted by atomic mass is 10.2. The largest absolute Gasteiger partial charge is 0.448 e. The molecule has 0 aliphatic rings. The van der Waals surface area contributed by atoms with Gasteiger partial charge >= 0.3 is 0 Å². The standard InChI is InChI=1S/C12H8BrClINO/c1-7-2-3-8(14)4-11(7)16-6-9-5-10(13)12(15)17-9/h2-6H,1H3. The van der Waals surface area contributed by atoms with E-state index < -0.39 is 0 Å². The maximum atomic E-state index is 5.92. The normalized spacial score (nSPS) is 11.3. The zero-order valence-electron chi connectivity index (χ0n) is 8.88. The van der Waals surface area contributed by atoms with Gasteiger partial charge < -0.3 is 4.42 Å². The molecule has 0 fully saturated rings. The Labute approximate surface area is 126 Å². The van der Waals surface area contributed by atoms with Crippen molar-refractivity contribution in [2.45, 2.75) is 6.92 Å². The number of nitrogens with zero attached hydrogens (tertiary/aromatic N) is 1. The van der Waals surface area contributed by atoms with E-state index in [4.69, 9.17) is 16.0 Å². The zero-order chi connectivity index (χ0) is 12.4. The van der Waals surface area contributed by atoms with Crippen molar-refractivity contribution in [2.24, 2.45) is 4.99 Å². The highest BCUT2D eigenvalue weighted by Gasteiger charge is 2.03. The van der Waals surface area contributed by atoms with Crippen LogP contribution in [0.25, 0.3) is 0 Å². The van der Waals surface area contributed by atoms with Crippen LogP contribution in [0.3, 0.4) is 0 Å². The zero-order valence-corrected chi connectivity index (χ0v) is 13.4. The van der Waals surface area contributed by atoms with Gasteiger partial charge in [-0.2, -0.15) is 0 Å². The fourth-order valence-electron chi connectivity index (χ4n) is 1.28. The average Bonchev–Trinajstić information content (AvgIpc) is 2.60. The van der Waals surface area contributed by atoms with E-state index in [1.165, 1.54) is 0 Å². The lowest BCUT2D eigenvalue weighted by Gasteiger charge is -1.99. The summed E-state index contributed by atoms with van der Waals surface area (Å²) in [7, 11) is 0. The Balaban J connectivity index is 2.28. The predicted octanol–water partition coefficient (Wildman–Crippen LogP) is 5.36. The molecule has 1 aromatic heterocycles. The molecule has 0 unspecified atom stereocenters. The van der Waals surface area contributed by atoms with Gasteiger partial charge in [-0.05, 0) is 40.5 Å². The van der Waals surface area contributed by atoms with E-state index in [9.17, 15) is 0 Å². The Morgan fingerprint density at radius 3 is 2.82 bits per heavy atom. The molecule has 0 aliphatic heterocycles. The number of hydrogen-bond donors (Lipinski definition) is 0. The van der Waals surface area contributed by atoms with Crippen LogP contribution < -0.4 is 0 Å². The second kappa shape index (κ2) is 5.54. The molecule has 5 heteroatoms. The van der Waals surface area contributed by atoms with Crippen LogP contribution in [-0.2, 0) is 0 Å². The summed E-state index contributed by atoms with van der Waals surface area (Å²) in [5, 5.41) is 0.679. The van der Waals surface area contributed by atoms with E-state index >= 15 is 0 Å². The molecule has 2 nitrogen and oxygen atoms in total. The highest BCUT2D eigenvalue weighted by molar-refractivity contribution is 14.1. The van der Waals surface area contributed by atoms with Crippen molar-refractivity contribution < 1.29 is 4.42 Å². The van der Waals surface area contributed by atoms with Gasteiger partial charge in [-0.15, -0.1) is 0 Å². The van der Waals surface area contributed by atoms with E-state index in [1.807, 2.05) is 31.2 Å². The molecule has 88 valence electrons. The number of halogens is 3. The fraction of sp³-hybridized carbons (Fsp3) is 0.0833. The SMILES string of the molecule is Cc1ccc(Cl)cc1N=Cc1cc(Br)c(I)o1. The average molecular weight is 424 g/mol. The third kappa shape index (κ3) is 3.33. The molecule has 0 aliphatic carbocycles. The maximum Gasteiger partial charge on any atom is 0.178 e.